The molecule has 18 heavy (non-hydrogen) atoms. The number of imide groups is 1. The molecule has 0 radical (unpaired) electrons. The predicted molar refractivity (Wildman–Crippen MR) is 64.9 cm³/mol. The number of amides is 2. The number of rotatable bonds is 4. The zero-order valence-electron chi connectivity index (χ0n) is 11.6. The summed E-state index contributed by atoms with van der Waals surface area (Å²) in [7, 11) is 0. The second-order valence-corrected chi connectivity index (χ2v) is 4.58. The SMILES string of the molecule is CCOC(=O)CC(=O)N(C(=O)OCC)C(C)(C)C. The Hall–Kier alpha value is -1.59. The van der Waals surface area contributed by atoms with Crippen molar-refractivity contribution in [2.45, 2.75) is 46.6 Å². The van der Waals surface area contributed by atoms with Crippen LogP contribution in [0, 0.1) is 0 Å². The van der Waals surface area contributed by atoms with Gasteiger partial charge in [0.25, 0.3) is 0 Å². The number of esters is 1. The molecule has 0 aromatic carbocycles. The molecule has 0 unspecified atom stereocenters. The lowest BCUT2D eigenvalue weighted by Crippen LogP contribution is -2.50. The summed E-state index contributed by atoms with van der Waals surface area (Å²) in [5.41, 5.74) is -0.754. The van der Waals surface area contributed by atoms with Gasteiger partial charge in [-0.2, -0.15) is 0 Å². The van der Waals surface area contributed by atoms with Gasteiger partial charge in [0.15, 0.2) is 0 Å². The van der Waals surface area contributed by atoms with Crippen molar-refractivity contribution >= 4 is 18.0 Å². The van der Waals surface area contributed by atoms with E-state index in [2.05, 4.69) is 4.74 Å². The van der Waals surface area contributed by atoms with Gasteiger partial charge in [0.05, 0.1) is 13.2 Å². The summed E-state index contributed by atoms with van der Waals surface area (Å²) in [6, 6.07) is 0. The quantitative estimate of drug-likeness (QED) is 0.567. The lowest BCUT2D eigenvalue weighted by Gasteiger charge is -2.32. The third-order valence-electron chi connectivity index (χ3n) is 1.97. The van der Waals surface area contributed by atoms with Crippen LogP contribution in [0.1, 0.15) is 41.0 Å². The largest absolute Gasteiger partial charge is 0.466 e. The molecule has 0 aromatic heterocycles. The van der Waals surface area contributed by atoms with Gasteiger partial charge < -0.3 is 9.47 Å². The molecule has 0 bridgehead atoms. The van der Waals surface area contributed by atoms with Crippen LogP contribution in [0.15, 0.2) is 0 Å². The molecule has 0 aliphatic heterocycles. The van der Waals surface area contributed by atoms with Crippen molar-refractivity contribution in [2.24, 2.45) is 0 Å². The summed E-state index contributed by atoms with van der Waals surface area (Å²) in [4.78, 5) is 35.8. The molecule has 0 aliphatic carbocycles. The highest BCUT2D eigenvalue weighted by molar-refractivity contribution is 6.01. The van der Waals surface area contributed by atoms with Crippen molar-refractivity contribution in [3.05, 3.63) is 0 Å². The Morgan fingerprint density at radius 3 is 1.89 bits per heavy atom. The standard InChI is InChI=1S/C12H21NO5/c1-6-17-10(15)8-9(14)13(12(3,4)5)11(16)18-7-2/h6-8H2,1-5H3. The molecule has 6 nitrogen and oxygen atoms in total. The lowest BCUT2D eigenvalue weighted by molar-refractivity contribution is -0.149. The molecule has 0 spiro atoms. The normalized spacial score (nSPS) is 10.7. The third kappa shape index (κ3) is 5.16. The molecule has 6 heteroatoms. The van der Waals surface area contributed by atoms with E-state index in [9.17, 15) is 14.4 Å². The fraction of sp³-hybridized carbons (Fsp3) is 0.750. The fourth-order valence-corrected chi connectivity index (χ4v) is 1.35. The van der Waals surface area contributed by atoms with E-state index in [-0.39, 0.29) is 13.2 Å². The molecule has 0 rings (SSSR count). The summed E-state index contributed by atoms with van der Waals surface area (Å²) >= 11 is 0. The Bertz CT molecular complexity index is 319. The highest BCUT2D eigenvalue weighted by Crippen LogP contribution is 2.16. The highest BCUT2D eigenvalue weighted by atomic mass is 16.6. The van der Waals surface area contributed by atoms with Gasteiger partial charge in [-0.3, -0.25) is 9.59 Å². The van der Waals surface area contributed by atoms with Crippen LogP contribution in [0.4, 0.5) is 4.79 Å². The summed E-state index contributed by atoms with van der Waals surface area (Å²) in [6.07, 6.45) is -1.22. The second kappa shape index (κ2) is 6.98. The number of nitrogens with zero attached hydrogens (tertiary/aromatic N) is 1. The smallest absolute Gasteiger partial charge is 0.417 e. The number of carbonyl (C=O) groups excluding carboxylic acids is 3. The van der Waals surface area contributed by atoms with Gasteiger partial charge in [0.2, 0.25) is 5.91 Å². The van der Waals surface area contributed by atoms with Crippen molar-refractivity contribution in [3.63, 3.8) is 0 Å². The molecule has 104 valence electrons. The van der Waals surface area contributed by atoms with E-state index >= 15 is 0 Å². The first-order chi connectivity index (χ1) is 8.23. The maximum absolute atomic E-state index is 11.9. The Morgan fingerprint density at radius 1 is 1.00 bits per heavy atom. The zero-order chi connectivity index (χ0) is 14.3. The third-order valence-corrected chi connectivity index (χ3v) is 1.97. The van der Waals surface area contributed by atoms with Crippen molar-refractivity contribution < 1.29 is 23.9 Å². The van der Waals surface area contributed by atoms with E-state index in [1.165, 1.54) is 0 Å². The van der Waals surface area contributed by atoms with Crippen LogP contribution in [0.2, 0.25) is 0 Å². The molecule has 0 aromatic rings. The van der Waals surface area contributed by atoms with Gasteiger partial charge in [-0.1, -0.05) is 0 Å². The molecule has 0 saturated heterocycles. The summed E-state index contributed by atoms with van der Waals surface area (Å²) < 4.78 is 9.48. The van der Waals surface area contributed by atoms with E-state index < -0.39 is 29.9 Å². The maximum atomic E-state index is 11.9. The van der Waals surface area contributed by atoms with Gasteiger partial charge in [-0.25, -0.2) is 9.69 Å². The van der Waals surface area contributed by atoms with Crippen molar-refractivity contribution in [3.8, 4) is 0 Å². The fourth-order valence-electron chi connectivity index (χ4n) is 1.35. The highest BCUT2D eigenvalue weighted by Gasteiger charge is 2.34. The van der Waals surface area contributed by atoms with Crippen LogP contribution < -0.4 is 0 Å². The van der Waals surface area contributed by atoms with Crippen LogP contribution in [-0.2, 0) is 19.1 Å². The first-order valence-corrected chi connectivity index (χ1v) is 5.89. The minimum Gasteiger partial charge on any atom is -0.466 e. The number of hydrogen-bond donors (Lipinski definition) is 0. The van der Waals surface area contributed by atoms with E-state index in [4.69, 9.17) is 4.74 Å². The maximum Gasteiger partial charge on any atom is 0.417 e. The molecule has 0 fully saturated rings. The van der Waals surface area contributed by atoms with Crippen molar-refractivity contribution in [1.82, 2.24) is 4.90 Å². The topological polar surface area (TPSA) is 72.9 Å². The molecule has 2 amide bonds. The van der Waals surface area contributed by atoms with Crippen molar-refractivity contribution in [1.29, 1.82) is 0 Å². The van der Waals surface area contributed by atoms with Gasteiger partial charge in [0, 0.05) is 5.54 Å². The minimum absolute atomic E-state index is 0.165. The Labute approximate surface area is 107 Å². The first-order valence-electron chi connectivity index (χ1n) is 5.89. The van der Waals surface area contributed by atoms with E-state index in [1.54, 1.807) is 34.6 Å². The molecule has 0 heterocycles. The number of hydrogen-bond acceptors (Lipinski definition) is 5. The van der Waals surface area contributed by atoms with E-state index in [0.29, 0.717) is 0 Å². The monoisotopic (exact) mass is 259 g/mol. The first kappa shape index (κ1) is 16.4. The van der Waals surface area contributed by atoms with Gasteiger partial charge >= 0.3 is 12.1 Å². The van der Waals surface area contributed by atoms with Gasteiger partial charge in [-0.05, 0) is 34.6 Å². The molecule has 0 atom stereocenters. The van der Waals surface area contributed by atoms with Crippen LogP contribution in [0.3, 0.4) is 0 Å². The molecule has 0 aliphatic rings. The van der Waals surface area contributed by atoms with Gasteiger partial charge in [0.1, 0.15) is 6.42 Å². The zero-order valence-corrected chi connectivity index (χ0v) is 11.6. The molecule has 0 N–H and O–H groups in total. The number of carbonyl (C=O) groups is 3. The predicted octanol–water partition coefficient (Wildman–Crippen LogP) is 1.72. The van der Waals surface area contributed by atoms with Crippen LogP contribution in [0.25, 0.3) is 0 Å². The molecular formula is C12H21NO5. The summed E-state index contributed by atoms with van der Waals surface area (Å²) in [5.74, 6) is -1.28. The van der Waals surface area contributed by atoms with Crippen LogP contribution >= 0.6 is 0 Å². The lowest BCUT2D eigenvalue weighted by atomic mass is 10.1. The van der Waals surface area contributed by atoms with Crippen LogP contribution in [0.5, 0.6) is 0 Å². The Balaban J connectivity index is 4.82. The van der Waals surface area contributed by atoms with Gasteiger partial charge in [-0.15, -0.1) is 0 Å². The van der Waals surface area contributed by atoms with Crippen molar-refractivity contribution in [2.75, 3.05) is 13.2 Å². The van der Waals surface area contributed by atoms with E-state index in [1.807, 2.05) is 0 Å². The average molecular weight is 259 g/mol. The molecular weight excluding hydrogens is 238 g/mol. The average Bonchev–Trinajstić information content (AvgIpc) is 2.15. The Morgan fingerprint density at radius 2 is 1.50 bits per heavy atom. The van der Waals surface area contributed by atoms with Crippen LogP contribution in [-0.4, -0.2) is 41.6 Å². The summed E-state index contributed by atoms with van der Waals surface area (Å²) in [5, 5.41) is 0. The Kier molecular flexibility index (Phi) is 6.36. The summed E-state index contributed by atoms with van der Waals surface area (Å²) in [6.45, 7) is 8.72. The minimum atomic E-state index is -0.754. The molecule has 0 saturated carbocycles. The second-order valence-electron chi connectivity index (χ2n) is 4.58. The van der Waals surface area contributed by atoms with E-state index in [0.717, 1.165) is 4.90 Å². The number of ether oxygens (including phenoxy) is 2.